The first-order chi connectivity index (χ1) is 15.9. The SMILES string of the molecule is CSc1cc(C)[nH]c(=O)c1CNC(=O)c1cnc([C@H](C)C2CCC(NC3COC3)CC2)n1C. The topological polar surface area (TPSA) is 101 Å². The van der Waals surface area contributed by atoms with Crippen LogP contribution in [0.1, 0.15) is 66.1 Å². The summed E-state index contributed by atoms with van der Waals surface area (Å²) >= 11 is 1.51. The summed E-state index contributed by atoms with van der Waals surface area (Å²) in [5.74, 6) is 1.58. The minimum atomic E-state index is -0.217. The van der Waals surface area contributed by atoms with Crippen LogP contribution in [-0.4, -0.2) is 52.0 Å². The molecule has 1 atom stereocenters. The van der Waals surface area contributed by atoms with E-state index in [0.29, 0.717) is 29.3 Å². The summed E-state index contributed by atoms with van der Waals surface area (Å²) in [5, 5.41) is 6.61. The number of aromatic amines is 1. The van der Waals surface area contributed by atoms with Gasteiger partial charge in [0.2, 0.25) is 0 Å². The van der Waals surface area contributed by atoms with Gasteiger partial charge in [-0.1, -0.05) is 6.92 Å². The van der Waals surface area contributed by atoms with E-state index in [1.807, 2.05) is 30.9 Å². The quantitative estimate of drug-likeness (QED) is 0.510. The fourth-order valence-corrected chi connectivity index (χ4v) is 5.72. The van der Waals surface area contributed by atoms with E-state index < -0.39 is 0 Å². The van der Waals surface area contributed by atoms with Crippen molar-refractivity contribution in [3.63, 3.8) is 0 Å². The van der Waals surface area contributed by atoms with Gasteiger partial charge in [-0.2, -0.15) is 0 Å². The Kier molecular flexibility index (Phi) is 7.61. The second kappa shape index (κ2) is 10.4. The van der Waals surface area contributed by atoms with E-state index in [1.54, 1.807) is 6.20 Å². The first kappa shape index (κ1) is 24.0. The maximum atomic E-state index is 12.9. The average molecular weight is 474 g/mol. The zero-order valence-corrected chi connectivity index (χ0v) is 20.8. The fourth-order valence-electron chi connectivity index (χ4n) is 5.01. The van der Waals surface area contributed by atoms with Crippen LogP contribution in [0.5, 0.6) is 0 Å². The maximum Gasteiger partial charge on any atom is 0.269 e. The molecule has 2 aliphatic rings. The number of pyridine rings is 1. The highest BCUT2D eigenvalue weighted by atomic mass is 32.2. The van der Waals surface area contributed by atoms with E-state index in [2.05, 4.69) is 27.5 Å². The van der Waals surface area contributed by atoms with E-state index in [1.165, 1.54) is 24.6 Å². The van der Waals surface area contributed by atoms with Gasteiger partial charge < -0.3 is 24.9 Å². The fraction of sp³-hybridized carbons (Fsp3) is 0.625. The maximum absolute atomic E-state index is 12.9. The molecule has 0 bridgehead atoms. The Hall–Kier alpha value is -2.10. The zero-order valence-electron chi connectivity index (χ0n) is 19.9. The highest BCUT2D eigenvalue weighted by molar-refractivity contribution is 7.98. The largest absolute Gasteiger partial charge is 0.378 e. The standard InChI is InChI=1S/C24H35N5O3S/c1-14-9-21(33-4)19(23(30)27-14)10-26-24(31)20-11-25-22(29(20)3)15(2)16-5-7-17(8-6-16)28-18-12-32-13-18/h9,11,15-18,28H,5-8,10,12-13H2,1-4H3,(H,26,31)(H,27,30)/t15-,16?,17?/m1/s1. The number of aromatic nitrogens is 3. The predicted molar refractivity (Wildman–Crippen MR) is 130 cm³/mol. The summed E-state index contributed by atoms with van der Waals surface area (Å²) in [6, 6.07) is 3.05. The molecule has 0 radical (unpaired) electrons. The Morgan fingerprint density at radius 3 is 2.67 bits per heavy atom. The summed E-state index contributed by atoms with van der Waals surface area (Å²) < 4.78 is 7.18. The van der Waals surface area contributed by atoms with Crippen LogP contribution in [0.2, 0.25) is 0 Å². The molecular weight excluding hydrogens is 438 g/mol. The van der Waals surface area contributed by atoms with Crippen molar-refractivity contribution >= 4 is 17.7 Å². The highest BCUT2D eigenvalue weighted by Gasteiger charge is 2.31. The number of carbonyl (C=O) groups excluding carboxylic acids is 1. The Balaban J connectivity index is 1.36. The third-order valence-electron chi connectivity index (χ3n) is 7.13. The number of hydrogen-bond donors (Lipinski definition) is 3. The molecule has 1 saturated carbocycles. The van der Waals surface area contributed by atoms with Crippen molar-refractivity contribution in [2.45, 2.75) is 69.0 Å². The van der Waals surface area contributed by atoms with E-state index >= 15 is 0 Å². The van der Waals surface area contributed by atoms with Crippen LogP contribution < -0.4 is 16.2 Å². The lowest BCUT2D eigenvalue weighted by Gasteiger charge is -2.37. The molecule has 1 saturated heterocycles. The number of nitrogens with zero attached hydrogens (tertiary/aromatic N) is 2. The summed E-state index contributed by atoms with van der Waals surface area (Å²) in [6.07, 6.45) is 8.25. The second-order valence-corrected chi connectivity index (χ2v) is 10.2. The van der Waals surface area contributed by atoms with E-state index in [9.17, 15) is 9.59 Å². The summed E-state index contributed by atoms with van der Waals surface area (Å²) in [7, 11) is 1.91. The molecule has 1 amide bonds. The number of rotatable bonds is 8. The molecule has 3 heterocycles. The monoisotopic (exact) mass is 473 g/mol. The number of carbonyl (C=O) groups is 1. The minimum absolute atomic E-state index is 0.158. The molecule has 1 aliphatic heterocycles. The zero-order chi connectivity index (χ0) is 23.5. The number of amides is 1. The molecule has 0 unspecified atom stereocenters. The Morgan fingerprint density at radius 1 is 1.30 bits per heavy atom. The van der Waals surface area contributed by atoms with Gasteiger partial charge in [0.1, 0.15) is 11.5 Å². The Bertz CT molecular complexity index is 1040. The molecule has 3 N–H and O–H groups in total. The number of nitrogens with one attached hydrogen (secondary N) is 3. The van der Waals surface area contributed by atoms with Crippen molar-refractivity contribution in [1.29, 1.82) is 0 Å². The van der Waals surface area contributed by atoms with Gasteiger partial charge in [-0.15, -0.1) is 11.8 Å². The number of thioether (sulfide) groups is 1. The van der Waals surface area contributed by atoms with E-state index in [0.717, 1.165) is 42.5 Å². The molecule has 2 fully saturated rings. The van der Waals surface area contributed by atoms with Crippen molar-refractivity contribution in [1.82, 2.24) is 25.2 Å². The van der Waals surface area contributed by atoms with E-state index in [4.69, 9.17) is 4.74 Å². The minimum Gasteiger partial charge on any atom is -0.378 e. The predicted octanol–water partition coefficient (Wildman–Crippen LogP) is 2.72. The molecule has 2 aromatic heterocycles. The molecule has 1 aliphatic carbocycles. The third kappa shape index (κ3) is 5.36. The summed E-state index contributed by atoms with van der Waals surface area (Å²) in [4.78, 5) is 33.6. The van der Waals surface area contributed by atoms with Crippen LogP contribution in [0.25, 0.3) is 0 Å². The number of imidazole rings is 1. The molecule has 8 nitrogen and oxygen atoms in total. The van der Waals surface area contributed by atoms with Crippen LogP contribution >= 0.6 is 11.8 Å². The molecule has 0 aromatic carbocycles. The van der Waals surface area contributed by atoms with Gasteiger partial charge in [0.15, 0.2) is 0 Å². The summed E-state index contributed by atoms with van der Waals surface area (Å²) in [6.45, 7) is 5.94. The molecule has 33 heavy (non-hydrogen) atoms. The second-order valence-electron chi connectivity index (χ2n) is 9.37. The van der Waals surface area contributed by atoms with Gasteiger partial charge in [-0.25, -0.2) is 4.98 Å². The van der Waals surface area contributed by atoms with Gasteiger partial charge in [0.25, 0.3) is 11.5 Å². The van der Waals surface area contributed by atoms with Crippen LogP contribution in [0, 0.1) is 12.8 Å². The van der Waals surface area contributed by atoms with Crippen molar-refractivity contribution < 1.29 is 9.53 Å². The van der Waals surface area contributed by atoms with Crippen LogP contribution in [0.4, 0.5) is 0 Å². The smallest absolute Gasteiger partial charge is 0.269 e. The van der Waals surface area contributed by atoms with Crippen LogP contribution in [-0.2, 0) is 18.3 Å². The van der Waals surface area contributed by atoms with Gasteiger partial charge in [0.05, 0.1) is 25.5 Å². The Morgan fingerprint density at radius 2 is 2.03 bits per heavy atom. The summed E-state index contributed by atoms with van der Waals surface area (Å²) in [5.41, 5.74) is 1.75. The molecule has 2 aromatic rings. The molecule has 9 heteroatoms. The van der Waals surface area contributed by atoms with Crippen molar-refractivity contribution in [2.24, 2.45) is 13.0 Å². The van der Waals surface area contributed by atoms with Crippen molar-refractivity contribution in [3.8, 4) is 0 Å². The van der Waals surface area contributed by atoms with Crippen molar-refractivity contribution in [3.05, 3.63) is 45.4 Å². The average Bonchev–Trinajstić information content (AvgIpc) is 3.16. The molecule has 4 rings (SSSR count). The Labute approximate surface area is 199 Å². The number of aryl methyl sites for hydroxylation is 1. The van der Waals surface area contributed by atoms with Gasteiger partial charge in [0, 0.05) is 41.7 Å². The lowest BCUT2D eigenvalue weighted by Crippen LogP contribution is -2.51. The third-order valence-corrected chi connectivity index (χ3v) is 7.93. The first-order valence-electron chi connectivity index (χ1n) is 11.8. The van der Waals surface area contributed by atoms with Gasteiger partial charge in [-0.05, 0) is 50.8 Å². The van der Waals surface area contributed by atoms with Crippen LogP contribution in [0.3, 0.4) is 0 Å². The van der Waals surface area contributed by atoms with E-state index in [-0.39, 0.29) is 23.9 Å². The number of ether oxygens (including phenoxy) is 1. The normalized spacial score (nSPS) is 22.1. The lowest BCUT2D eigenvalue weighted by molar-refractivity contribution is -0.0129. The molecule has 0 spiro atoms. The van der Waals surface area contributed by atoms with Crippen LogP contribution in [0.15, 0.2) is 22.0 Å². The lowest BCUT2D eigenvalue weighted by atomic mass is 9.78. The number of H-pyrrole nitrogens is 1. The van der Waals surface area contributed by atoms with Crippen molar-refractivity contribution in [2.75, 3.05) is 19.5 Å². The molecular formula is C24H35N5O3S. The highest BCUT2D eigenvalue weighted by Crippen LogP contribution is 2.35. The van der Waals surface area contributed by atoms with Gasteiger partial charge >= 0.3 is 0 Å². The first-order valence-corrected chi connectivity index (χ1v) is 13.0. The molecule has 180 valence electrons. The van der Waals surface area contributed by atoms with Gasteiger partial charge in [-0.3, -0.25) is 9.59 Å². The number of hydrogen-bond acceptors (Lipinski definition) is 6.